The van der Waals surface area contributed by atoms with Crippen LogP contribution in [0.15, 0.2) is 36.5 Å². The molecule has 1 aromatic heterocycles. The number of halogens is 4. The van der Waals surface area contributed by atoms with E-state index in [2.05, 4.69) is 10.3 Å². The van der Waals surface area contributed by atoms with Crippen molar-refractivity contribution in [2.45, 2.75) is 22.4 Å². The van der Waals surface area contributed by atoms with Crippen LogP contribution in [-0.4, -0.2) is 48.2 Å². The van der Waals surface area contributed by atoms with E-state index in [4.69, 9.17) is 28.9 Å². The molecule has 0 aliphatic carbocycles. The number of aromatic nitrogens is 1. The van der Waals surface area contributed by atoms with Crippen LogP contribution >= 0.6 is 23.2 Å². The van der Waals surface area contributed by atoms with Crippen LogP contribution in [0.2, 0.25) is 0 Å². The Morgan fingerprint density at radius 1 is 1.27 bits per heavy atom. The minimum absolute atomic E-state index is 0.284. The number of nitrogens with zero attached hydrogens (tertiary/aromatic N) is 1. The van der Waals surface area contributed by atoms with Gasteiger partial charge >= 0.3 is 0 Å². The molecule has 0 saturated heterocycles. The number of amides is 1. The van der Waals surface area contributed by atoms with Crippen molar-refractivity contribution in [2.75, 3.05) is 12.9 Å². The summed E-state index contributed by atoms with van der Waals surface area (Å²) in [6.07, 6.45) is 0.760. The monoisotopic (exact) mass is 481 g/mol. The van der Waals surface area contributed by atoms with E-state index in [-0.39, 0.29) is 5.56 Å². The van der Waals surface area contributed by atoms with Gasteiger partial charge in [-0.05, 0) is 17.2 Å². The highest BCUT2D eigenvalue weighted by Crippen LogP contribution is 2.26. The van der Waals surface area contributed by atoms with Crippen molar-refractivity contribution < 1.29 is 27.1 Å². The summed E-state index contributed by atoms with van der Waals surface area (Å²) in [5, 5.41) is 10.9. The van der Waals surface area contributed by atoms with Crippen LogP contribution in [0.5, 0.6) is 0 Å². The first-order chi connectivity index (χ1) is 14.0. The molecular weight excluding hydrogens is 463 g/mol. The van der Waals surface area contributed by atoms with Gasteiger partial charge in [-0.3, -0.25) is 9.78 Å². The maximum atomic E-state index is 14.3. The molecule has 4 N–H and O–H groups in total. The van der Waals surface area contributed by atoms with Crippen molar-refractivity contribution in [2.24, 2.45) is 5.73 Å². The summed E-state index contributed by atoms with van der Waals surface area (Å²) in [5.41, 5.74) is 6.23. The summed E-state index contributed by atoms with van der Waals surface area (Å²) in [6.45, 7) is -1.06. The Kier molecular flexibility index (Phi) is 8.12. The molecule has 1 unspecified atom stereocenters. The predicted molar refractivity (Wildman–Crippen MR) is 110 cm³/mol. The second-order valence-electron chi connectivity index (χ2n) is 6.48. The van der Waals surface area contributed by atoms with Crippen molar-refractivity contribution >= 4 is 38.9 Å². The lowest BCUT2D eigenvalue weighted by atomic mass is 9.99. The van der Waals surface area contributed by atoms with Gasteiger partial charge in [-0.1, -0.05) is 47.5 Å². The first-order valence-corrected chi connectivity index (χ1v) is 11.3. The summed E-state index contributed by atoms with van der Waals surface area (Å²) >= 11 is 10.8. The first-order valence-electron chi connectivity index (χ1n) is 8.48. The van der Waals surface area contributed by atoms with Crippen LogP contribution in [0.25, 0.3) is 11.1 Å². The lowest BCUT2D eigenvalue weighted by Crippen LogP contribution is -2.43. The first kappa shape index (κ1) is 24.4. The molecule has 0 aliphatic rings. The van der Waals surface area contributed by atoms with E-state index in [1.807, 2.05) is 0 Å². The van der Waals surface area contributed by atoms with Gasteiger partial charge in [0, 0.05) is 18.0 Å². The van der Waals surface area contributed by atoms with Crippen LogP contribution < -0.4 is 11.1 Å². The predicted octanol–water partition coefficient (Wildman–Crippen LogP) is 2.18. The largest absolute Gasteiger partial charge is 0.386 e. The van der Waals surface area contributed by atoms with Crippen molar-refractivity contribution in [1.82, 2.24) is 10.3 Å². The van der Waals surface area contributed by atoms with Gasteiger partial charge in [0.15, 0.2) is 20.0 Å². The zero-order chi connectivity index (χ0) is 22.6. The number of rotatable bonds is 8. The van der Waals surface area contributed by atoms with E-state index in [0.717, 1.165) is 12.3 Å². The van der Waals surface area contributed by atoms with Crippen molar-refractivity contribution in [3.05, 3.63) is 53.6 Å². The van der Waals surface area contributed by atoms with Crippen LogP contribution in [-0.2, 0) is 14.6 Å². The third-order valence-electron chi connectivity index (χ3n) is 4.26. The van der Waals surface area contributed by atoms with Crippen LogP contribution in [0.4, 0.5) is 8.78 Å². The minimum atomic E-state index is -3.73. The lowest BCUT2D eigenvalue weighted by molar-refractivity contribution is -0.121. The quantitative estimate of drug-likeness (QED) is 0.496. The number of aliphatic hydroxyl groups is 1. The van der Waals surface area contributed by atoms with Gasteiger partial charge < -0.3 is 16.2 Å². The second-order valence-corrected chi connectivity index (χ2v) is 9.74. The maximum Gasteiger partial charge on any atom is 0.253 e. The average Bonchev–Trinajstić information content (AvgIpc) is 2.70. The van der Waals surface area contributed by atoms with E-state index in [0.29, 0.717) is 11.1 Å². The van der Waals surface area contributed by atoms with Gasteiger partial charge in [0.1, 0.15) is 24.3 Å². The number of hydrogen-bond acceptors (Lipinski definition) is 6. The number of pyridine rings is 1. The Morgan fingerprint density at radius 2 is 1.87 bits per heavy atom. The van der Waals surface area contributed by atoms with Gasteiger partial charge in [0.2, 0.25) is 0 Å². The van der Waals surface area contributed by atoms with Gasteiger partial charge in [-0.25, -0.2) is 17.2 Å². The molecule has 0 bridgehead atoms. The Bertz CT molecular complexity index is 1010. The van der Waals surface area contributed by atoms with Crippen molar-refractivity contribution in [3.63, 3.8) is 0 Å². The fourth-order valence-corrected chi connectivity index (χ4v) is 3.28. The molecule has 1 amide bonds. The Morgan fingerprint density at radius 3 is 2.33 bits per heavy atom. The molecule has 2 aromatic rings. The van der Waals surface area contributed by atoms with E-state index in [1.165, 1.54) is 30.5 Å². The molecule has 2 rings (SSSR count). The summed E-state index contributed by atoms with van der Waals surface area (Å²) in [7, 11) is -3.73. The number of carbonyl (C=O) groups excluding carboxylic acids is 1. The number of nitrogens with one attached hydrogen (secondary N) is 1. The highest BCUT2D eigenvalue weighted by atomic mass is 35.5. The normalized spacial score (nSPS) is 14.9. The molecule has 7 nitrogen and oxygen atoms in total. The fraction of sp³-hybridized carbons (Fsp3) is 0.333. The van der Waals surface area contributed by atoms with E-state index in [1.54, 1.807) is 0 Å². The lowest BCUT2D eigenvalue weighted by Gasteiger charge is -2.22. The highest BCUT2D eigenvalue weighted by molar-refractivity contribution is 7.90. The zero-order valence-corrected chi connectivity index (χ0v) is 17.9. The third-order valence-corrected chi connectivity index (χ3v) is 5.80. The molecule has 0 spiro atoms. The smallest absolute Gasteiger partial charge is 0.253 e. The van der Waals surface area contributed by atoms with Crippen LogP contribution in [0.3, 0.4) is 0 Å². The summed E-state index contributed by atoms with van der Waals surface area (Å²) in [6, 6.07) is 5.79. The number of hydrogen-bond donors (Lipinski definition) is 3. The molecule has 1 aromatic carbocycles. The topological polar surface area (TPSA) is 122 Å². The molecule has 0 saturated carbocycles. The fourth-order valence-electron chi connectivity index (χ4n) is 2.57. The number of benzene rings is 1. The molecule has 12 heteroatoms. The number of nitrogens with two attached hydrogens (primary N) is 1. The number of carbonyl (C=O) groups is 1. The minimum Gasteiger partial charge on any atom is -0.386 e. The number of alkyl halides is 3. The molecule has 0 fully saturated rings. The summed E-state index contributed by atoms with van der Waals surface area (Å²) in [5.74, 6) is -1.72. The molecule has 3 atom stereocenters. The maximum absolute atomic E-state index is 14.3. The SMILES string of the molecule is CS(=O)(=O)C(N)c1ncc(-c2ccc([C@@H](O)[C@@H](CF)NC(=O)C(Cl)Cl)cc2)cc1F. The zero-order valence-electron chi connectivity index (χ0n) is 15.6. The Hall–Kier alpha value is -1.85. The Labute approximate surface area is 182 Å². The molecule has 1 heterocycles. The molecule has 164 valence electrons. The van der Waals surface area contributed by atoms with Gasteiger partial charge in [0.05, 0.1) is 6.04 Å². The van der Waals surface area contributed by atoms with Gasteiger partial charge in [-0.15, -0.1) is 0 Å². The highest BCUT2D eigenvalue weighted by Gasteiger charge is 2.26. The van der Waals surface area contributed by atoms with Crippen LogP contribution in [0.1, 0.15) is 22.7 Å². The molecule has 0 radical (unpaired) electrons. The summed E-state index contributed by atoms with van der Waals surface area (Å²) < 4.78 is 50.5. The van der Waals surface area contributed by atoms with E-state index < -0.39 is 56.3 Å². The van der Waals surface area contributed by atoms with Crippen molar-refractivity contribution in [3.8, 4) is 11.1 Å². The molecule has 30 heavy (non-hydrogen) atoms. The number of sulfone groups is 1. The van der Waals surface area contributed by atoms with E-state index >= 15 is 0 Å². The standard InChI is InChI=1S/C18H19Cl2F2N3O4S/c1-30(28,29)17(23)14-12(22)6-11(8-24-14)9-2-4-10(5-3-9)15(26)13(7-21)25-18(27)16(19)20/h2-6,8,13,15-17,26H,7,23H2,1H3,(H,25,27)/t13-,15-,17?/m1/s1. The average molecular weight is 482 g/mol. The van der Waals surface area contributed by atoms with Gasteiger partial charge in [-0.2, -0.15) is 0 Å². The Balaban J connectivity index is 2.23. The molecular formula is C18H19Cl2F2N3O4S. The van der Waals surface area contributed by atoms with Gasteiger partial charge in [0.25, 0.3) is 5.91 Å². The second kappa shape index (κ2) is 9.97. The number of aliphatic hydroxyl groups excluding tert-OH is 1. The third kappa shape index (κ3) is 5.86. The van der Waals surface area contributed by atoms with Crippen LogP contribution in [0, 0.1) is 5.82 Å². The molecule has 0 aliphatic heterocycles. The van der Waals surface area contributed by atoms with Crippen molar-refractivity contribution in [1.29, 1.82) is 0 Å². The summed E-state index contributed by atoms with van der Waals surface area (Å²) in [4.78, 5) is 13.9. The van der Waals surface area contributed by atoms with E-state index in [9.17, 15) is 27.1 Å².